The third-order valence-corrected chi connectivity index (χ3v) is 4.56. The van der Waals surface area contributed by atoms with E-state index in [9.17, 15) is 9.90 Å². The lowest BCUT2D eigenvalue weighted by Crippen LogP contribution is -2.32. The predicted molar refractivity (Wildman–Crippen MR) is 84.9 cm³/mol. The number of carbonyl (C=O) groups excluding carboxylic acids is 1. The van der Waals surface area contributed by atoms with E-state index in [1.165, 1.54) is 32.1 Å². The maximum atomic E-state index is 12.2. The Morgan fingerprint density at radius 3 is 2.71 bits per heavy atom. The van der Waals surface area contributed by atoms with Crippen LogP contribution in [-0.2, 0) is 11.3 Å². The van der Waals surface area contributed by atoms with E-state index in [0.29, 0.717) is 6.54 Å². The van der Waals surface area contributed by atoms with E-state index in [4.69, 9.17) is 0 Å². The van der Waals surface area contributed by atoms with Crippen LogP contribution in [0.15, 0.2) is 24.3 Å². The van der Waals surface area contributed by atoms with E-state index < -0.39 is 0 Å². The Bertz CT molecular complexity index is 450. The van der Waals surface area contributed by atoms with Crippen LogP contribution in [0, 0.1) is 11.8 Å². The zero-order valence-electron chi connectivity index (χ0n) is 13.0. The highest BCUT2D eigenvalue weighted by Crippen LogP contribution is 2.32. The van der Waals surface area contributed by atoms with E-state index in [1.807, 2.05) is 6.07 Å². The molecule has 1 aromatic rings. The van der Waals surface area contributed by atoms with Crippen molar-refractivity contribution in [2.75, 3.05) is 0 Å². The molecule has 1 amide bonds. The van der Waals surface area contributed by atoms with Gasteiger partial charge < -0.3 is 10.4 Å². The van der Waals surface area contributed by atoms with Gasteiger partial charge in [0.25, 0.3) is 0 Å². The molecule has 1 aliphatic rings. The maximum absolute atomic E-state index is 12.2. The smallest absolute Gasteiger partial charge is 0.223 e. The molecule has 21 heavy (non-hydrogen) atoms. The largest absolute Gasteiger partial charge is 0.508 e. The molecule has 2 rings (SSSR count). The van der Waals surface area contributed by atoms with Crippen LogP contribution >= 0.6 is 0 Å². The minimum absolute atomic E-state index is 0.173. The molecule has 2 N–H and O–H groups in total. The van der Waals surface area contributed by atoms with E-state index in [2.05, 4.69) is 12.2 Å². The predicted octanol–water partition coefficient (Wildman–Crippen LogP) is 4.01. The van der Waals surface area contributed by atoms with Crippen molar-refractivity contribution in [3.05, 3.63) is 29.8 Å². The van der Waals surface area contributed by atoms with Gasteiger partial charge in [-0.2, -0.15) is 0 Å². The van der Waals surface area contributed by atoms with Crippen molar-refractivity contribution >= 4 is 5.91 Å². The van der Waals surface area contributed by atoms with Crippen LogP contribution in [0.25, 0.3) is 0 Å². The second-order valence-electron chi connectivity index (χ2n) is 6.25. The van der Waals surface area contributed by atoms with Crippen molar-refractivity contribution in [3.8, 4) is 5.75 Å². The average molecular weight is 289 g/mol. The Hall–Kier alpha value is -1.51. The lowest BCUT2D eigenvalue weighted by atomic mass is 9.79. The van der Waals surface area contributed by atoms with Crippen LogP contribution < -0.4 is 5.32 Å². The first-order chi connectivity index (χ1) is 10.2. The van der Waals surface area contributed by atoms with Gasteiger partial charge in [0.15, 0.2) is 0 Å². The van der Waals surface area contributed by atoms with Gasteiger partial charge in [-0.05, 0) is 49.3 Å². The Balaban J connectivity index is 1.72. The lowest BCUT2D eigenvalue weighted by Gasteiger charge is -2.27. The number of phenols is 1. The van der Waals surface area contributed by atoms with Crippen molar-refractivity contribution in [1.29, 1.82) is 0 Å². The second-order valence-corrected chi connectivity index (χ2v) is 6.25. The molecule has 3 nitrogen and oxygen atoms in total. The first-order valence-corrected chi connectivity index (χ1v) is 8.24. The molecule has 0 atom stereocenters. The fraction of sp³-hybridized carbons (Fsp3) is 0.611. The molecule has 116 valence electrons. The van der Waals surface area contributed by atoms with Crippen molar-refractivity contribution in [2.45, 2.75) is 58.4 Å². The quantitative estimate of drug-likeness (QED) is 0.831. The molecule has 1 aromatic carbocycles. The van der Waals surface area contributed by atoms with Gasteiger partial charge in [0.05, 0.1) is 0 Å². The number of unbranched alkanes of at least 4 members (excludes halogenated alkanes) is 1. The van der Waals surface area contributed by atoms with E-state index in [1.54, 1.807) is 18.2 Å². The van der Waals surface area contributed by atoms with Crippen LogP contribution in [-0.4, -0.2) is 11.0 Å². The highest BCUT2D eigenvalue weighted by molar-refractivity contribution is 5.78. The number of phenolic OH excluding ortho intramolecular Hbond substituents is 1. The Kier molecular flexibility index (Phi) is 6.09. The summed E-state index contributed by atoms with van der Waals surface area (Å²) >= 11 is 0. The fourth-order valence-electron chi connectivity index (χ4n) is 3.21. The van der Waals surface area contributed by atoms with Crippen LogP contribution in [0.4, 0.5) is 0 Å². The van der Waals surface area contributed by atoms with Crippen LogP contribution in [0.1, 0.15) is 57.4 Å². The molecule has 0 spiro atoms. The van der Waals surface area contributed by atoms with Crippen molar-refractivity contribution in [1.82, 2.24) is 5.32 Å². The molecular weight excluding hydrogens is 262 g/mol. The third kappa shape index (κ3) is 5.07. The molecule has 0 aliphatic heterocycles. The topological polar surface area (TPSA) is 49.3 Å². The molecule has 0 bridgehead atoms. The average Bonchev–Trinajstić information content (AvgIpc) is 2.51. The summed E-state index contributed by atoms with van der Waals surface area (Å²) in [5.41, 5.74) is 0.944. The number of hydrogen-bond acceptors (Lipinski definition) is 2. The summed E-state index contributed by atoms with van der Waals surface area (Å²) in [5.74, 6) is 1.44. The number of aromatic hydroxyl groups is 1. The lowest BCUT2D eigenvalue weighted by molar-refractivity contribution is -0.126. The van der Waals surface area contributed by atoms with Crippen LogP contribution in [0.3, 0.4) is 0 Å². The van der Waals surface area contributed by atoms with E-state index in [0.717, 1.165) is 24.3 Å². The number of rotatable bonds is 6. The first-order valence-electron chi connectivity index (χ1n) is 8.24. The number of carbonyl (C=O) groups is 1. The number of benzene rings is 1. The van der Waals surface area contributed by atoms with Crippen molar-refractivity contribution < 1.29 is 9.90 Å². The fourth-order valence-corrected chi connectivity index (χ4v) is 3.21. The number of amides is 1. The molecule has 0 radical (unpaired) electrons. The molecular formula is C18H27NO2. The van der Waals surface area contributed by atoms with Gasteiger partial charge in [0.1, 0.15) is 5.75 Å². The third-order valence-electron chi connectivity index (χ3n) is 4.56. The molecule has 1 fully saturated rings. The van der Waals surface area contributed by atoms with Crippen LogP contribution in [0.5, 0.6) is 5.75 Å². The molecule has 1 saturated carbocycles. The van der Waals surface area contributed by atoms with Crippen LogP contribution in [0.2, 0.25) is 0 Å². The standard InChI is InChI=1S/C18H27NO2/c1-2-3-5-14-8-10-16(11-9-14)18(21)19-13-15-6-4-7-17(20)12-15/h4,6-7,12,14,16,20H,2-3,5,8-11,13H2,1H3,(H,19,21). The summed E-state index contributed by atoms with van der Waals surface area (Å²) in [6, 6.07) is 7.06. The summed E-state index contributed by atoms with van der Waals surface area (Å²) in [6.07, 6.45) is 8.37. The van der Waals surface area contributed by atoms with Crippen molar-refractivity contribution in [2.24, 2.45) is 11.8 Å². The van der Waals surface area contributed by atoms with Crippen molar-refractivity contribution in [3.63, 3.8) is 0 Å². The molecule has 1 aliphatic carbocycles. The van der Waals surface area contributed by atoms with E-state index >= 15 is 0 Å². The van der Waals surface area contributed by atoms with Gasteiger partial charge in [-0.3, -0.25) is 4.79 Å². The summed E-state index contributed by atoms with van der Waals surface area (Å²) in [6.45, 7) is 2.74. The van der Waals surface area contributed by atoms with Gasteiger partial charge in [0.2, 0.25) is 5.91 Å². The van der Waals surface area contributed by atoms with E-state index in [-0.39, 0.29) is 17.6 Å². The Morgan fingerprint density at radius 1 is 1.29 bits per heavy atom. The molecule has 3 heteroatoms. The molecule has 0 aromatic heterocycles. The molecule has 0 unspecified atom stereocenters. The van der Waals surface area contributed by atoms with Gasteiger partial charge in [0, 0.05) is 12.5 Å². The summed E-state index contributed by atoms with van der Waals surface area (Å²) in [7, 11) is 0. The number of nitrogens with one attached hydrogen (secondary N) is 1. The first kappa shape index (κ1) is 15.9. The Morgan fingerprint density at radius 2 is 2.05 bits per heavy atom. The second kappa shape index (κ2) is 8.06. The van der Waals surface area contributed by atoms with Gasteiger partial charge in [-0.1, -0.05) is 38.3 Å². The Labute approximate surface area is 127 Å². The minimum atomic E-state index is 0.173. The monoisotopic (exact) mass is 289 g/mol. The zero-order valence-corrected chi connectivity index (χ0v) is 13.0. The minimum Gasteiger partial charge on any atom is -0.508 e. The van der Waals surface area contributed by atoms with Gasteiger partial charge in [-0.25, -0.2) is 0 Å². The zero-order chi connectivity index (χ0) is 15.1. The normalized spacial score (nSPS) is 22.0. The van der Waals surface area contributed by atoms with Gasteiger partial charge >= 0.3 is 0 Å². The SMILES string of the molecule is CCCCC1CCC(C(=O)NCc2cccc(O)c2)CC1. The highest BCUT2D eigenvalue weighted by atomic mass is 16.3. The summed E-state index contributed by atoms with van der Waals surface area (Å²) < 4.78 is 0. The highest BCUT2D eigenvalue weighted by Gasteiger charge is 2.25. The summed E-state index contributed by atoms with van der Waals surface area (Å²) in [4.78, 5) is 12.2. The van der Waals surface area contributed by atoms with Gasteiger partial charge in [-0.15, -0.1) is 0 Å². The molecule has 0 saturated heterocycles. The maximum Gasteiger partial charge on any atom is 0.223 e. The number of hydrogen-bond donors (Lipinski definition) is 2. The molecule has 0 heterocycles. The summed E-state index contributed by atoms with van der Waals surface area (Å²) in [5, 5.41) is 12.4.